The number of hydrogen-bond donors (Lipinski definition) is 0. The minimum Gasteiger partial charge on any atom is -0.381 e. The van der Waals surface area contributed by atoms with Crippen molar-refractivity contribution >= 4 is 29.1 Å². The second-order valence-electron chi connectivity index (χ2n) is 9.78. The first-order valence-corrected chi connectivity index (χ1v) is 12.9. The van der Waals surface area contributed by atoms with Crippen LogP contribution in [0.5, 0.6) is 0 Å². The fourth-order valence-corrected chi connectivity index (χ4v) is 4.61. The average molecular weight is 531 g/mol. The normalized spacial score (nSPS) is 14.8. The Balaban J connectivity index is 1.47. The van der Waals surface area contributed by atoms with Crippen LogP contribution in [0.15, 0.2) is 54.7 Å². The summed E-state index contributed by atoms with van der Waals surface area (Å²) in [6.45, 7) is 5.82. The molecule has 7 nitrogen and oxygen atoms in total. The number of nitrogens with zero attached hydrogens (tertiary/aromatic N) is 4. The Hall–Kier alpha value is -2.45. The molecule has 0 bridgehead atoms. The van der Waals surface area contributed by atoms with Crippen LogP contribution in [0.3, 0.4) is 0 Å². The van der Waals surface area contributed by atoms with Gasteiger partial charge < -0.3 is 14.4 Å². The lowest BCUT2D eigenvalue weighted by Gasteiger charge is -2.32. The third-order valence-corrected chi connectivity index (χ3v) is 7.04. The minimum atomic E-state index is -0.584. The van der Waals surface area contributed by atoms with Crippen molar-refractivity contribution in [3.05, 3.63) is 81.6 Å². The molecule has 0 N–H and O–H groups in total. The number of rotatable bonds is 9. The number of ether oxygens (including phenoxy) is 2. The molecule has 0 aliphatic carbocycles. The van der Waals surface area contributed by atoms with E-state index in [4.69, 9.17) is 32.7 Å². The van der Waals surface area contributed by atoms with Gasteiger partial charge in [-0.1, -0.05) is 52.7 Å². The number of carbonyl (C=O) groups excluding carboxylic acids is 1. The van der Waals surface area contributed by atoms with Crippen molar-refractivity contribution in [2.75, 3.05) is 20.3 Å². The summed E-state index contributed by atoms with van der Waals surface area (Å²) in [5.41, 5.74) is 2.09. The van der Waals surface area contributed by atoms with E-state index in [9.17, 15) is 4.79 Å². The molecule has 0 atom stereocenters. The lowest BCUT2D eigenvalue weighted by atomic mass is 9.95. The molecule has 4 rings (SSSR count). The molecule has 2 heterocycles. The quantitative estimate of drug-likeness (QED) is 0.357. The van der Waals surface area contributed by atoms with Gasteiger partial charge in [0, 0.05) is 30.3 Å². The monoisotopic (exact) mass is 530 g/mol. The number of hydrogen-bond acceptors (Lipinski definition) is 5. The van der Waals surface area contributed by atoms with E-state index in [1.54, 1.807) is 9.58 Å². The summed E-state index contributed by atoms with van der Waals surface area (Å²) in [6, 6.07) is 14.8. The smallest absolute Gasteiger partial charge is 0.225 e. The highest BCUT2D eigenvalue weighted by Gasteiger charge is 2.31. The first kappa shape index (κ1) is 26.6. The molecule has 1 aromatic heterocycles. The van der Waals surface area contributed by atoms with Crippen LogP contribution in [0.4, 0.5) is 0 Å². The van der Waals surface area contributed by atoms with Crippen molar-refractivity contribution in [3.8, 4) is 0 Å². The van der Waals surface area contributed by atoms with Crippen molar-refractivity contribution in [1.82, 2.24) is 19.9 Å². The van der Waals surface area contributed by atoms with Gasteiger partial charge in [0.2, 0.25) is 5.91 Å². The first-order chi connectivity index (χ1) is 17.2. The van der Waals surface area contributed by atoms with E-state index >= 15 is 0 Å². The molecule has 3 aromatic rings. The molecule has 2 aromatic carbocycles. The number of amides is 1. The number of aromatic nitrogens is 3. The summed E-state index contributed by atoms with van der Waals surface area (Å²) in [5, 5.41) is 9.87. The lowest BCUT2D eigenvalue weighted by Crippen LogP contribution is -2.38. The van der Waals surface area contributed by atoms with Crippen molar-refractivity contribution in [2.24, 2.45) is 0 Å². The second-order valence-corrected chi connectivity index (χ2v) is 10.6. The van der Waals surface area contributed by atoms with E-state index in [0.717, 1.165) is 42.9 Å². The van der Waals surface area contributed by atoms with Crippen LogP contribution in [-0.4, -0.2) is 52.2 Å². The predicted molar refractivity (Wildman–Crippen MR) is 140 cm³/mol. The Morgan fingerprint density at radius 3 is 2.19 bits per heavy atom. The average Bonchev–Trinajstić information content (AvgIpc) is 3.36. The Labute approximate surface area is 222 Å². The molecular weight excluding hydrogens is 499 g/mol. The fraction of sp³-hybridized carbons (Fsp3) is 0.444. The predicted octanol–water partition coefficient (Wildman–Crippen LogP) is 5.65. The molecule has 0 spiro atoms. The van der Waals surface area contributed by atoms with E-state index in [1.165, 1.54) is 0 Å². The van der Waals surface area contributed by atoms with Crippen LogP contribution in [0.2, 0.25) is 10.0 Å². The Kier molecular flexibility index (Phi) is 8.67. The standard InChI is InChI=1S/C27H32Cl2N4O3/c1-27(2,33-17-23(30-31-33)18-36-24-12-14-35-15-13-24)16-25(34)32(3)26(19-4-8-21(28)9-5-19)20-6-10-22(29)11-7-20/h4-11,17,24,26H,12-16,18H2,1-3H3. The molecule has 0 unspecified atom stereocenters. The van der Waals surface area contributed by atoms with E-state index in [2.05, 4.69) is 10.3 Å². The molecule has 1 aliphatic rings. The van der Waals surface area contributed by atoms with Crippen LogP contribution in [0.25, 0.3) is 0 Å². The van der Waals surface area contributed by atoms with E-state index in [-0.39, 0.29) is 24.5 Å². The zero-order valence-corrected chi connectivity index (χ0v) is 22.4. The van der Waals surface area contributed by atoms with Gasteiger partial charge in [-0.2, -0.15) is 0 Å². The van der Waals surface area contributed by atoms with Crippen LogP contribution in [0.1, 0.15) is 56.0 Å². The van der Waals surface area contributed by atoms with Crippen LogP contribution < -0.4 is 0 Å². The molecule has 1 fully saturated rings. The van der Waals surface area contributed by atoms with Gasteiger partial charge in [-0.15, -0.1) is 5.10 Å². The van der Waals surface area contributed by atoms with Gasteiger partial charge in [0.05, 0.1) is 36.9 Å². The number of halogens is 2. The summed E-state index contributed by atoms with van der Waals surface area (Å²) in [4.78, 5) is 15.3. The Morgan fingerprint density at radius 2 is 1.64 bits per heavy atom. The molecule has 36 heavy (non-hydrogen) atoms. The highest BCUT2D eigenvalue weighted by Crippen LogP contribution is 2.31. The van der Waals surface area contributed by atoms with Gasteiger partial charge in [-0.25, -0.2) is 4.68 Å². The van der Waals surface area contributed by atoms with Crippen molar-refractivity contribution in [2.45, 2.75) is 57.4 Å². The Bertz CT molecular complexity index is 1100. The molecule has 9 heteroatoms. The summed E-state index contributed by atoms with van der Waals surface area (Å²) in [5.74, 6) is -0.0228. The molecule has 0 saturated carbocycles. The van der Waals surface area contributed by atoms with Crippen LogP contribution in [0, 0.1) is 0 Å². The zero-order valence-electron chi connectivity index (χ0n) is 20.9. The molecule has 1 amide bonds. The second kappa shape index (κ2) is 11.7. The molecule has 0 radical (unpaired) electrons. The summed E-state index contributed by atoms with van der Waals surface area (Å²) in [7, 11) is 1.82. The van der Waals surface area contributed by atoms with Crippen LogP contribution in [-0.2, 0) is 26.4 Å². The Morgan fingerprint density at radius 1 is 1.08 bits per heavy atom. The van der Waals surface area contributed by atoms with Crippen molar-refractivity contribution < 1.29 is 14.3 Å². The molecule has 1 aliphatic heterocycles. The fourth-order valence-electron chi connectivity index (χ4n) is 4.36. The number of benzene rings is 2. The summed E-state index contributed by atoms with van der Waals surface area (Å²) in [6.07, 6.45) is 4.07. The van der Waals surface area contributed by atoms with Crippen molar-refractivity contribution in [1.29, 1.82) is 0 Å². The van der Waals surface area contributed by atoms with Gasteiger partial charge in [0.25, 0.3) is 0 Å². The van der Waals surface area contributed by atoms with Crippen molar-refractivity contribution in [3.63, 3.8) is 0 Å². The largest absolute Gasteiger partial charge is 0.381 e. The summed E-state index contributed by atoms with van der Waals surface area (Å²) < 4.78 is 13.1. The van der Waals surface area contributed by atoms with Gasteiger partial charge in [0.15, 0.2) is 0 Å². The molecular formula is C27H32Cl2N4O3. The maximum atomic E-state index is 13.6. The van der Waals surface area contributed by atoms with E-state index in [1.807, 2.05) is 75.6 Å². The van der Waals surface area contributed by atoms with Gasteiger partial charge >= 0.3 is 0 Å². The van der Waals surface area contributed by atoms with E-state index in [0.29, 0.717) is 16.7 Å². The topological polar surface area (TPSA) is 69.5 Å². The minimum absolute atomic E-state index is 0.0228. The zero-order chi connectivity index (χ0) is 25.7. The van der Waals surface area contributed by atoms with Gasteiger partial charge in [0.1, 0.15) is 5.69 Å². The molecule has 192 valence electrons. The highest BCUT2D eigenvalue weighted by atomic mass is 35.5. The maximum Gasteiger partial charge on any atom is 0.225 e. The molecule has 1 saturated heterocycles. The summed E-state index contributed by atoms with van der Waals surface area (Å²) >= 11 is 12.2. The SMILES string of the molecule is CN(C(=O)CC(C)(C)n1cc(COC2CCOCC2)nn1)C(c1ccc(Cl)cc1)c1ccc(Cl)cc1. The third-order valence-electron chi connectivity index (χ3n) is 6.53. The third kappa shape index (κ3) is 6.65. The van der Waals surface area contributed by atoms with Gasteiger partial charge in [-0.05, 0) is 62.1 Å². The maximum absolute atomic E-state index is 13.6. The van der Waals surface area contributed by atoms with E-state index < -0.39 is 5.54 Å². The van der Waals surface area contributed by atoms with Crippen LogP contribution >= 0.6 is 23.2 Å². The lowest BCUT2D eigenvalue weighted by molar-refractivity contribution is -0.133. The van der Waals surface area contributed by atoms with Gasteiger partial charge in [-0.3, -0.25) is 4.79 Å². The number of carbonyl (C=O) groups is 1. The first-order valence-electron chi connectivity index (χ1n) is 12.1. The highest BCUT2D eigenvalue weighted by molar-refractivity contribution is 6.30.